The lowest BCUT2D eigenvalue weighted by atomic mass is 10.5. The third kappa shape index (κ3) is 8.60. The highest BCUT2D eigenvalue weighted by Crippen LogP contribution is 2.80. The predicted octanol–water partition coefficient (Wildman–Crippen LogP) is 7.23. The topological polar surface area (TPSA) is 80.3 Å². The molecule has 0 spiro atoms. The molecular weight excluding hydrogens is 462 g/mol. The van der Waals surface area contributed by atoms with Gasteiger partial charge in [0.05, 0.1) is 13.2 Å². The molecule has 0 aliphatic rings. The van der Waals surface area contributed by atoms with Crippen LogP contribution in [0, 0.1) is 0 Å². The summed E-state index contributed by atoms with van der Waals surface area (Å²) in [6.07, 6.45) is 3.16. The van der Waals surface area contributed by atoms with E-state index in [9.17, 15) is 9.13 Å². The number of allylic oxidation sites excluding steroid dienone is 1. The van der Waals surface area contributed by atoms with Crippen molar-refractivity contribution in [2.75, 3.05) is 13.2 Å². The third-order valence-electron chi connectivity index (χ3n) is 3.01. The molecule has 0 aromatic carbocycles. The first-order valence-corrected chi connectivity index (χ1v) is 23.4. The van der Waals surface area contributed by atoms with Crippen LogP contribution in [-0.4, -0.2) is 43.2 Å². The average Bonchev–Trinajstić information content (AvgIpc) is 2.41. The quantitative estimate of drug-likeness (QED) is 0.149. The van der Waals surface area contributed by atoms with Crippen molar-refractivity contribution in [2.24, 2.45) is 0 Å². The van der Waals surface area contributed by atoms with Crippen LogP contribution >= 0.6 is 15.2 Å². The second kappa shape index (κ2) is 10.5. The van der Waals surface area contributed by atoms with E-state index in [1.165, 1.54) is 6.08 Å². The summed E-state index contributed by atoms with van der Waals surface area (Å²) in [5, 5.41) is -1.97. The summed E-state index contributed by atoms with van der Waals surface area (Å²) in [6.45, 7) is 22.6. The molecule has 1 unspecified atom stereocenters. The molecule has 7 nitrogen and oxygen atoms in total. The van der Waals surface area contributed by atoms with Gasteiger partial charge in [0.15, 0.2) is 25.0 Å². The Morgan fingerprint density at radius 3 is 1.34 bits per heavy atom. The molecule has 0 saturated heterocycles. The van der Waals surface area contributed by atoms with Gasteiger partial charge in [-0.15, -0.1) is 0 Å². The van der Waals surface area contributed by atoms with E-state index in [0.717, 1.165) is 0 Å². The molecule has 0 N–H and O–H groups in total. The van der Waals surface area contributed by atoms with Crippen molar-refractivity contribution < 1.29 is 31.0 Å². The molecule has 0 rings (SSSR count). The fraction of sp³-hybridized carbons (Fsp3) is 0.882. The Morgan fingerprint density at radius 1 is 0.724 bits per heavy atom. The summed E-state index contributed by atoms with van der Waals surface area (Å²) in [6, 6.07) is 0. The Kier molecular flexibility index (Phi) is 10.7. The summed E-state index contributed by atoms with van der Waals surface area (Å²) in [5.74, 6) is 0. The first kappa shape index (κ1) is 29.7. The molecule has 174 valence electrons. The predicted molar refractivity (Wildman–Crippen MR) is 129 cm³/mol. The van der Waals surface area contributed by atoms with Gasteiger partial charge in [0.25, 0.3) is 5.08 Å². The SMILES string of the molecule is CC=CC(O[Si](C)(C)C)(P(=O)(OCC)OCC)P(=O)(O[Si](C)(C)C)O[Si](C)(C)C. The van der Waals surface area contributed by atoms with Crippen LogP contribution in [0.15, 0.2) is 12.2 Å². The zero-order valence-electron chi connectivity index (χ0n) is 20.3. The fourth-order valence-electron chi connectivity index (χ4n) is 2.58. The van der Waals surface area contributed by atoms with E-state index in [1.54, 1.807) is 26.8 Å². The van der Waals surface area contributed by atoms with Gasteiger partial charge in [0.2, 0.25) is 0 Å². The summed E-state index contributed by atoms with van der Waals surface area (Å²) >= 11 is 0. The minimum atomic E-state index is -4.16. The summed E-state index contributed by atoms with van der Waals surface area (Å²) < 4.78 is 59.2. The van der Waals surface area contributed by atoms with Crippen molar-refractivity contribution in [1.82, 2.24) is 0 Å². The van der Waals surface area contributed by atoms with Gasteiger partial charge in [-0.05, 0) is 85.8 Å². The van der Waals surface area contributed by atoms with Crippen LogP contribution in [0.4, 0.5) is 0 Å². The molecule has 29 heavy (non-hydrogen) atoms. The standard InChI is InChI=1S/C17H42O7P2Si3/c1-13-16-17(22-27(4,5)6,25(18,20-14-2)21-15-3)26(19,23-28(7,8)9)24-29(10,11)12/h13,16H,14-15H2,1-12H3. The van der Waals surface area contributed by atoms with Gasteiger partial charge in [-0.25, -0.2) is 0 Å². The van der Waals surface area contributed by atoms with Gasteiger partial charge >= 0.3 is 15.2 Å². The zero-order chi connectivity index (χ0) is 23.4. The maximum Gasteiger partial charge on any atom is 0.377 e. The lowest BCUT2D eigenvalue weighted by molar-refractivity contribution is 0.141. The van der Waals surface area contributed by atoms with Crippen molar-refractivity contribution in [1.29, 1.82) is 0 Å². The Balaban J connectivity index is 7.29. The van der Waals surface area contributed by atoms with E-state index >= 15 is 0 Å². The van der Waals surface area contributed by atoms with Crippen LogP contribution in [0.5, 0.6) is 0 Å². The molecule has 0 aliphatic heterocycles. The molecule has 0 aliphatic carbocycles. The maximum atomic E-state index is 14.7. The summed E-state index contributed by atoms with van der Waals surface area (Å²) in [7, 11) is -15.6. The first-order chi connectivity index (χ1) is 12.8. The molecule has 0 aromatic heterocycles. The lowest BCUT2D eigenvalue weighted by Crippen LogP contribution is -2.46. The zero-order valence-corrected chi connectivity index (χ0v) is 25.1. The Hall–Kier alpha value is 0.651. The van der Waals surface area contributed by atoms with Gasteiger partial charge in [0.1, 0.15) is 0 Å². The molecule has 1 atom stereocenters. The number of hydrogen-bond acceptors (Lipinski definition) is 7. The lowest BCUT2D eigenvalue weighted by Gasteiger charge is -2.46. The minimum Gasteiger partial charge on any atom is -0.390 e. The van der Waals surface area contributed by atoms with Crippen LogP contribution in [0.25, 0.3) is 0 Å². The molecule has 0 aromatic rings. The molecular formula is C17H42O7P2Si3. The van der Waals surface area contributed by atoms with Gasteiger partial charge in [-0.3, -0.25) is 9.13 Å². The highest BCUT2D eigenvalue weighted by molar-refractivity contribution is 7.75. The minimum absolute atomic E-state index is 0.103. The van der Waals surface area contributed by atoms with Crippen molar-refractivity contribution in [3.8, 4) is 0 Å². The molecule has 0 bridgehead atoms. The smallest absolute Gasteiger partial charge is 0.377 e. The Morgan fingerprint density at radius 2 is 1.10 bits per heavy atom. The van der Waals surface area contributed by atoms with Crippen LogP contribution in [0.3, 0.4) is 0 Å². The first-order valence-electron chi connectivity index (χ1n) is 10.1. The fourth-order valence-corrected chi connectivity index (χ4v) is 17.5. The molecule has 0 radical (unpaired) electrons. The van der Waals surface area contributed by atoms with E-state index < -0.39 is 45.2 Å². The molecule has 0 saturated carbocycles. The van der Waals surface area contributed by atoms with Gasteiger partial charge < -0.3 is 21.9 Å². The van der Waals surface area contributed by atoms with Gasteiger partial charge in [0, 0.05) is 0 Å². The normalized spacial score (nSPS) is 17.0. The number of hydrogen-bond donors (Lipinski definition) is 0. The van der Waals surface area contributed by atoms with Crippen molar-refractivity contribution in [3.63, 3.8) is 0 Å². The molecule has 0 heterocycles. The molecule has 12 heteroatoms. The van der Waals surface area contributed by atoms with E-state index in [2.05, 4.69) is 0 Å². The van der Waals surface area contributed by atoms with Gasteiger partial charge in [-0.1, -0.05) is 6.08 Å². The van der Waals surface area contributed by atoms with Crippen LogP contribution in [-0.2, 0) is 31.0 Å². The van der Waals surface area contributed by atoms with Crippen LogP contribution in [0.1, 0.15) is 20.8 Å². The molecule has 0 amide bonds. The molecule has 0 fully saturated rings. The van der Waals surface area contributed by atoms with Crippen molar-refractivity contribution in [3.05, 3.63) is 12.2 Å². The van der Waals surface area contributed by atoms with E-state index in [1.807, 2.05) is 58.9 Å². The van der Waals surface area contributed by atoms with Crippen LogP contribution < -0.4 is 0 Å². The highest BCUT2D eigenvalue weighted by atomic mass is 31.2. The van der Waals surface area contributed by atoms with Gasteiger partial charge in [-0.2, -0.15) is 0 Å². The highest BCUT2D eigenvalue weighted by Gasteiger charge is 2.68. The second-order valence-corrected chi connectivity index (χ2v) is 28.1. The second-order valence-electron chi connectivity index (χ2n) is 9.61. The Bertz CT molecular complexity index is 621. The summed E-state index contributed by atoms with van der Waals surface area (Å²) in [5.41, 5.74) is 0. The van der Waals surface area contributed by atoms with Crippen molar-refractivity contribution >= 4 is 40.1 Å². The number of rotatable bonds is 13. The summed E-state index contributed by atoms with van der Waals surface area (Å²) in [4.78, 5) is 0. The monoisotopic (exact) mass is 504 g/mol. The largest absolute Gasteiger partial charge is 0.390 e. The van der Waals surface area contributed by atoms with Crippen LogP contribution in [0.2, 0.25) is 58.9 Å². The van der Waals surface area contributed by atoms with E-state index in [0.29, 0.717) is 0 Å². The third-order valence-corrected chi connectivity index (χ3v) is 15.3. The van der Waals surface area contributed by atoms with Crippen molar-refractivity contribution in [2.45, 2.75) is 84.8 Å². The maximum absolute atomic E-state index is 14.7. The Labute approximate surface area is 181 Å². The van der Waals surface area contributed by atoms with E-state index in [4.69, 9.17) is 21.9 Å². The average molecular weight is 505 g/mol. The van der Waals surface area contributed by atoms with E-state index in [-0.39, 0.29) is 13.2 Å².